The quantitative estimate of drug-likeness (QED) is 0.371. The average molecular weight is 368 g/mol. The lowest BCUT2D eigenvalue weighted by Crippen LogP contribution is -2.30. The van der Waals surface area contributed by atoms with Crippen molar-refractivity contribution in [3.63, 3.8) is 0 Å². The van der Waals surface area contributed by atoms with Gasteiger partial charge >= 0.3 is 0 Å². The second-order valence-electron chi connectivity index (χ2n) is 7.06. The number of fused-ring (bicyclic) bond motifs is 3. The van der Waals surface area contributed by atoms with E-state index < -0.39 is 6.85 Å². The van der Waals surface area contributed by atoms with Crippen LogP contribution in [0.15, 0.2) is 77.5 Å². The molecule has 0 aliphatic rings. The van der Waals surface area contributed by atoms with Crippen LogP contribution in [0, 0.1) is 13.8 Å². The summed E-state index contributed by atoms with van der Waals surface area (Å²) in [5.74, 6) is 0. The molecule has 0 fully saturated rings. The molecule has 28 heavy (non-hydrogen) atoms. The Kier molecular flexibility index (Phi) is 3.08. The van der Waals surface area contributed by atoms with Crippen molar-refractivity contribution in [2.24, 2.45) is 7.05 Å². The number of rotatable bonds is 2. The van der Waals surface area contributed by atoms with Crippen molar-refractivity contribution in [3.05, 3.63) is 84.2 Å². The highest BCUT2D eigenvalue weighted by atomic mass is 16.3. The predicted octanol–water partition coefficient (Wildman–Crippen LogP) is 5.76. The zero-order valence-corrected chi connectivity index (χ0v) is 15.7. The molecule has 2 aromatic carbocycles. The van der Waals surface area contributed by atoms with Gasteiger partial charge in [-0.1, -0.05) is 36.4 Å². The Morgan fingerprint density at radius 2 is 1.82 bits per heavy atom. The van der Waals surface area contributed by atoms with Crippen LogP contribution in [0.4, 0.5) is 0 Å². The lowest BCUT2D eigenvalue weighted by atomic mass is 9.95. The van der Waals surface area contributed by atoms with Crippen LogP contribution < -0.4 is 4.57 Å². The maximum absolute atomic E-state index is 8.10. The van der Waals surface area contributed by atoms with Gasteiger partial charge in [0.25, 0.3) is 0 Å². The van der Waals surface area contributed by atoms with E-state index in [1.54, 1.807) is 18.3 Å². The van der Waals surface area contributed by atoms with Crippen molar-refractivity contribution in [2.45, 2.75) is 13.8 Å². The van der Waals surface area contributed by atoms with Crippen molar-refractivity contribution in [2.75, 3.05) is 0 Å². The maximum atomic E-state index is 8.10. The standard InChI is InChI=1S/C25H21N2O/c1-16-14-17(2)23(24-22(16)20-10-7-12-26-25(20)28-24)21-15-19(11-13-27(21)3)18-8-5-4-6-9-18/h4-15H,1-3H3/q+1/i1D3. The molecule has 3 heterocycles. The van der Waals surface area contributed by atoms with Gasteiger partial charge in [-0.2, -0.15) is 0 Å². The molecule has 0 atom stereocenters. The first-order valence-electron chi connectivity index (χ1n) is 10.7. The van der Waals surface area contributed by atoms with Crippen LogP contribution in [0.2, 0.25) is 0 Å². The second-order valence-corrected chi connectivity index (χ2v) is 7.06. The van der Waals surface area contributed by atoms with Crippen LogP contribution >= 0.6 is 0 Å². The van der Waals surface area contributed by atoms with Gasteiger partial charge in [0, 0.05) is 33.2 Å². The van der Waals surface area contributed by atoms with E-state index in [1.807, 2.05) is 49.0 Å². The molecule has 0 saturated carbocycles. The Morgan fingerprint density at radius 3 is 2.64 bits per heavy atom. The minimum absolute atomic E-state index is 0.289. The Morgan fingerprint density at radius 1 is 0.964 bits per heavy atom. The fraction of sp³-hybridized carbons (Fsp3) is 0.120. The van der Waals surface area contributed by atoms with Crippen molar-refractivity contribution in [1.29, 1.82) is 0 Å². The molecular weight excluding hydrogens is 344 g/mol. The first kappa shape index (κ1) is 13.7. The number of nitrogens with zero attached hydrogens (tertiary/aromatic N) is 2. The van der Waals surface area contributed by atoms with E-state index in [4.69, 9.17) is 8.53 Å². The Hall–Kier alpha value is -3.46. The van der Waals surface area contributed by atoms with Gasteiger partial charge in [-0.15, -0.1) is 0 Å². The number of furan rings is 1. The van der Waals surface area contributed by atoms with Crippen molar-refractivity contribution >= 4 is 22.1 Å². The molecule has 0 radical (unpaired) electrons. The van der Waals surface area contributed by atoms with E-state index in [2.05, 4.69) is 29.2 Å². The molecule has 3 nitrogen and oxygen atoms in total. The summed E-state index contributed by atoms with van der Waals surface area (Å²) in [6.07, 6.45) is 3.67. The van der Waals surface area contributed by atoms with E-state index in [9.17, 15) is 0 Å². The number of pyridine rings is 2. The van der Waals surface area contributed by atoms with Gasteiger partial charge in [0.1, 0.15) is 7.05 Å². The monoisotopic (exact) mass is 368 g/mol. The number of hydrogen-bond donors (Lipinski definition) is 0. The summed E-state index contributed by atoms with van der Waals surface area (Å²) in [6, 6.07) is 19.8. The fourth-order valence-corrected chi connectivity index (χ4v) is 3.86. The minimum atomic E-state index is -2.26. The van der Waals surface area contributed by atoms with Crippen molar-refractivity contribution in [1.82, 2.24) is 4.98 Å². The average Bonchev–Trinajstić information content (AvgIpc) is 3.13. The van der Waals surface area contributed by atoms with E-state index in [1.165, 1.54) is 0 Å². The number of aromatic nitrogens is 2. The second kappa shape index (κ2) is 6.31. The minimum Gasteiger partial charge on any atom is -0.437 e. The van der Waals surface area contributed by atoms with E-state index in [-0.39, 0.29) is 5.56 Å². The van der Waals surface area contributed by atoms with Crippen molar-refractivity contribution < 1.29 is 13.1 Å². The summed E-state index contributed by atoms with van der Waals surface area (Å²) in [5, 5.41) is 1.32. The highest BCUT2D eigenvalue weighted by molar-refractivity contribution is 6.10. The first-order chi connectivity index (χ1) is 14.8. The molecule has 0 saturated heterocycles. The van der Waals surface area contributed by atoms with E-state index in [0.29, 0.717) is 22.1 Å². The number of hydrogen-bond acceptors (Lipinski definition) is 2. The molecule has 5 rings (SSSR count). The molecule has 136 valence electrons. The zero-order chi connectivity index (χ0) is 21.8. The predicted molar refractivity (Wildman–Crippen MR) is 113 cm³/mol. The molecule has 0 spiro atoms. The van der Waals surface area contributed by atoms with Crippen LogP contribution in [0.25, 0.3) is 44.5 Å². The highest BCUT2D eigenvalue weighted by Gasteiger charge is 2.23. The summed E-state index contributed by atoms with van der Waals surface area (Å²) in [6.45, 7) is -0.331. The van der Waals surface area contributed by atoms with Gasteiger partial charge in [-0.25, -0.2) is 9.55 Å². The summed E-state index contributed by atoms with van der Waals surface area (Å²) < 4.78 is 32.5. The van der Waals surface area contributed by atoms with Crippen LogP contribution in [0.3, 0.4) is 0 Å². The summed E-state index contributed by atoms with van der Waals surface area (Å²) >= 11 is 0. The van der Waals surface area contributed by atoms with Crippen LogP contribution in [-0.4, -0.2) is 4.98 Å². The lowest BCUT2D eigenvalue weighted by Gasteiger charge is -2.09. The summed E-state index contributed by atoms with van der Waals surface area (Å²) in [5.41, 5.74) is 6.15. The normalized spacial score (nSPS) is 13.4. The largest absolute Gasteiger partial charge is 0.437 e. The van der Waals surface area contributed by atoms with Crippen LogP contribution in [-0.2, 0) is 7.05 Å². The van der Waals surface area contributed by atoms with E-state index in [0.717, 1.165) is 27.9 Å². The highest BCUT2D eigenvalue weighted by Crippen LogP contribution is 2.38. The Balaban J connectivity index is 1.88. The smallest absolute Gasteiger partial charge is 0.227 e. The molecule has 0 bridgehead atoms. The number of aryl methyl sites for hydroxylation is 3. The van der Waals surface area contributed by atoms with Gasteiger partial charge < -0.3 is 4.42 Å². The van der Waals surface area contributed by atoms with Gasteiger partial charge in [0.05, 0.1) is 5.56 Å². The summed E-state index contributed by atoms with van der Waals surface area (Å²) in [7, 11) is 1.98. The van der Waals surface area contributed by atoms with Gasteiger partial charge in [0.2, 0.25) is 11.4 Å². The molecule has 0 aliphatic carbocycles. The first-order valence-corrected chi connectivity index (χ1v) is 9.21. The fourth-order valence-electron chi connectivity index (χ4n) is 3.86. The SMILES string of the molecule is [2H]C([2H])([2H])c1cc(C)c(-c2cc(-c3ccccc3)cc[n+]2C)c2oc3ncccc3c12. The third kappa shape index (κ3) is 2.51. The molecular formula is C25H21N2O+. The Bertz CT molecular complexity index is 1440. The molecule has 0 unspecified atom stereocenters. The molecule has 0 aliphatic heterocycles. The number of benzene rings is 2. The molecule has 3 aromatic heterocycles. The maximum Gasteiger partial charge on any atom is 0.227 e. The van der Waals surface area contributed by atoms with E-state index >= 15 is 0 Å². The third-order valence-corrected chi connectivity index (χ3v) is 5.23. The third-order valence-electron chi connectivity index (χ3n) is 5.23. The van der Waals surface area contributed by atoms with Gasteiger partial charge in [-0.3, -0.25) is 0 Å². The topological polar surface area (TPSA) is 29.9 Å². The Labute approximate surface area is 168 Å². The van der Waals surface area contributed by atoms with Gasteiger partial charge in [-0.05, 0) is 48.2 Å². The van der Waals surface area contributed by atoms with Gasteiger partial charge in [0.15, 0.2) is 11.8 Å². The van der Waals surface area contributed by atoms with Crippen molar-refractivity contribution in [3.8, 4) is 22.4 Å². The summed E-state index contributed by atoms with van der Waals surface area (Å²) in [4.78, 5) is 4.34. The molecule has 0 amide bonds. The zero-order valence-electron chi connectivity index (χ0n) is 18.7. The molecule has 0 N–H and O–H groups in total. The van der Waals surface area contributed by atoms with Crippen LogP contribution in [0.5, 0.6) is 0 Å². The lowest BCUT2D eigenvalue weighted by molar-refractivity contribution is -0.660. The van der Waals surface area contributed by atoms with Crippen LogP contribution in [0.1, 0.15) is 15.2 Å². The molecule has 5 aromatic rings. The molecule has 3 heteroatoms.